The van der Waals surface area contributed by atoms with Gasteiger partial charge in [-0.05, 0) is 82.2 Å². The average molecular weight is 538 g/mol. The number of para-hydroxylation sites is 3. The van der Waals surface area contributed by atoms with Crippen LogP contribution in [0.2, 0.25) is 0 Å². The highest BCUT2D eigenvalue weighted by atomic mass is 16.5. The van der Waals surface area contributed by atoms with Crippen molar-refractivity contribution in [3.63, 3.8) is 0 Å². The molecule has 198 valence electrons. The first-order valence-electron chi connectivity index (χ1n) is 14.3. The summed E-state index contributed by atoms with van der Waals surface area (Å²) in [7, 11) is 0. The van der Waals surface area contributed by atoms with Gasteiger partial charge in [0.15, 0.2) is 0 Å². The van der Waals surface area contributed by atoms with Crippen LogP contribution in [0.15, 0.2) is 164 Å². The van der Waals surface area contributed by atoms with Gasteiger partial charge in [0.05, 0.1) is 5.69 Å². The molecule has 2 heteroatoms. The number of hydrogen-bond donors (Lipinski definition) is 0. The van der Waals surface area contributed by atoms with E-state index in [0.717, 1.165) is 39.7 Å². The van der Waals surface area contributed by atoms with Crippen molar-refractivity contribution in [3.8, 4) is 44.9 Å². The molecule has 8 rings (SSSR count). The van der Waals surface area contributed by atoms with Gasteiger partial charge in [0, 0.05) is 27.9 Å². The van der Waals surface area contributed by atoms with Crippen LogP contribution < -0.4 is 9.64 Å². The molecule has 7 aromatic carbocycles. The maximum Gasteiger partial charge on any atom is 0.135 e. The first-order valence-corrected chi connectivity index (χ1v) is 14.3. The van der Waals surface area contributed by atoms with Crippen molar-refractivity contribution < 1.29 is 4.74 Å². The summed E-state index contributed by atoms with van der Waals surface area (Å²) in [4.78, 5) is 2.36. The van der Waals surface area contributed by atoms with Crippen LogP contribution in [-0.4, -0.2) is 0 Å². The molecule has 0 amide bonds. The van der Waals surface area contributed by atoms with E-state index >= 15 is 0 Å². The lowest BCUT2D eigenvalue weighted by atomic mass is 9.90. The molecule has 0 N–H and O–H groups in total. The lowest BCUT2D eigenvalue weighted by Gasteiger charge is -2.28. The summed E-state index contributed by atoms with van der Waals surface area (Å²) in [5.41, 5.74) is 10.4. The van der Waals surface area contributed by atoms with E-state index in [1.165, 1.54) is 33.0 Å². The smallest absolute Gasteiger partial charge is 0.135 e. The van der Waals surface area contributed by atoms with Crippen LogP contribution in [0.3, 0.4) is 0 Å². The number of nitrogens with zero attached hydrogens (tertiary/aromatic N) is 1. The van der Waals surface area contributed by atoms with Crippen LogP contribution in [0.1, 0.15) is 0 Å². The highest BCUT2D eigenvalue weighted by Gasteiger charge is 2.21. The van der Waals surface area contributed by atoms with Crippen molar-refractivity contribution >= 4 is 27.8 Å². The topological polar surface area (TPSA) is 12.5 Å². The van der Waals surface area contributed by atoms with Crippen LogP contribution in [0, 0.1) is 0 Å². The molecule has 0 unspecified atom stereocenters. The Morgan fingerprint density at radius 1 is 0.381 bits per heavy atom. The minimum atomic E-state index is 0.899. The molecule has 1 aliphatic rings. The normalized spacial score (nSPS) is 11.5. The Balaban J connectivity index is 1.31. The van der Waals surface area contributed by atoms with E-state index in [0.29, 0.717) is 0 Å². The van der Waals surface area contributed by atoms with E-state index in [1.807, 2.05) is 12.1 Å². The third-order valence-electron chi connectivity index (χ3n) is 8.02. The van der Waals surface area contributed by atoms with Gasteiger partial charge in [0.25, 0.3) is 0 Å². The van der Waals surface area contributed by atoms with Gasteiger partial charge in [-0.1, -0.05) is 109 Å². The number of anilines is 3. The van der Waals surface area contributed by atoms with E-state index in [1.54, 1.807) is 0 Å². The molecule has 42 heavy (non-hydrogen) atoms. The molecular weight excluding hydrogens is 510 g/mol. The molecule has 2 nitrogen and oxygen atoms in total. The molecule has 0 spiro atoms. The Bertz CT molecular complexity index is 2060. The van der Waals surface area contributed by atoms with Crippen molar-refractivity contribution in [2.24, 2.45) is 0 Å². The SMILES string of the molecule is c1ccc(-c2ccccc2N(c2ccccc2)c2cccc(-c3cc4c5c(cccc5c3)Oc3ccccc3-4)c2)cc1. The zero-order valence-corrected chi connectivity index (χ0v) is 22.9. The Kier molecular flexibility index (Phi) is 5.82. The van der Waals surface area contributed by atoms with E-state index in [2.05, 4.69) is 157 Å². The predicted molar refractivity (Wildman–Crippen MR) is 175 cm³/mol. The first kappa shape index (κ1) is 24.2. The van der Waals surface area contributed by atoms with Gasteiger partial charge in [-0.3, -0.25) is 0 Å². The van der Waals surface area contributed by atoms with E-state index < -0.39 is 0 Å². The molecule has 0 saturated heterocycles. The molecule has 0 saturated carbocycles. The highest BCUT2D eigenvalue weighted by Crippen LogP contribution is 2.48. The van der Waals surface area contributed by atoms with Gasteiger partial charge in [-0.2, -0.15) is 0 Å². The number of hydrogen-bond acceptors (Lipinski definition) is 2. The van der Waals surface area contributed by atoms with Crippen LogP contribution in [0.5, 0.6) is 11.5 Å². The quantitative estimate of drug-likeness (QED) is 0.216. The second kappa shape index (κ2) is 10.1. The zero-order chi connectivity index (χ0) is 27.9. The van der Waals surface area contributed by atoms with Crippen molar-refractivity contribution in [3.05, 3.63) is 164 Å². The van der Waals surface area contributed by atoms with Crippen LogP contribution in [0.4, 0.5) is 17.1 Å². The van der Waals surface area contributed by atoms with E-state index in [-0.39, 0.29) is 0 Å². The number of ether oxygens (including phenoxy) is 1. The van der Waals surface area contributed by atoms with Gasteiger partial charge < -0.3 is 9.64 Å². The van der Waals surface area contributed by atoms with Gasteiger partial charge in [-0.15, -0.1) is 0 Å². The zero-order valence-electron chi connectivity index (χ0n) is 22.9. The third-order valence-corrected chi connectivity index (χ3v) is 8.02. The van der Waals surface area contributed by atoms with Gasteiger partial charge >= 0.3 is 0 Å². The summed E-state index contributed by atoms with van der Waals surface area (Å²) in [6.45, 7) is 0. The Morgan fingerprint density at radius 3 is 1.88 bits per heavy atom. The van der Waals surface area contributed by atoms with Crippen LogP contribution >= 0.6 is 0 Å². The molecule has 1 aliphatic heterocycles. The highest BCUT2D eigenvalue weighted by molar-refractivity contribution is 6.06. The molecule has 7 aromatic rings. The van der Waals surface area contributed by atoms with Crippen LogP contribution in [0.25, 0.3) is 44.2 Å². The largest absolute Gasteiger partial charge is 0.456 e. The molecular formula is C40H27NO. The average Bonchev–Trinajstić information content (AvgIpc) is 3.06. The first-order chi connectivity index (χ1) is 20.8. The molecule has 0 aromatic heterocycles. The second-order valence-electron chi connectivity index (χ2n) is 10.6. The van der Waals surface area contributed by atoms with Gasteiger partial charge in [0.2, 0.25) is 0 Å². The Labute approximate surface area is 245 Å². The monoisotopic (exact) mass is 537 g/mol. The predicted octanol–water partition coefficient (Wildman–Crippen LogP) is 11.4. The third kappa shape index (κ3) is 4.13. The Morgan fingerprint density at radius 2 is 1.02 bits per heavy atom. The van der Waals surface area contributed by atoms with Gasteiger partial charge in [-0.25, -0.2) is 0 Å². The van der Waals surface area contributed by atoms with Crippen molar-refractivity contribution in [1.82, 2.24) is 0 Å². The summed E-state index contributed by atoms with van der Waals surface area (Å²) in [6.07, 6.45) is 0. The summed E-state index contributed by atoms with van der Waals surface area (Å²) < 4.78 is 6.28. The van der Waals surface area contributed by atoms with E-state index in [9.17, 15) is 0 Å². The van der Waals surface area contributed by atoms with E-state index in [4.69, 9.17) is 4.74 Å². The Hall–Kier alpha value is -5.60. The fourth-order valence-corrected chi connectivity index (χ4v) is 6.11. The van der Waals surface area contributed by atoms with Crippen molar-refractivity contribution in [1.29, 1.82) is 0 Å². The molecule has 0 fully saturated rings. The maximum absolute atomic E-state index is 6.28. The number of fused-ring (bicyclic) bond motifs is 2. The summed E-state index contributed by atoms with van der Waals surface area (Å²) in [6, 6.07) is 58.0. The minimum absolute atomic E-state index is 0.899. The lowest BCUT2D eigenvalue weighted by molar-refractivity contribution is 0.487. The molecule has 0 radical (unpaired) electrons. The lowest BCUT2D eigenvalue weighted by Crippen LogP contribution is -2.11. The summed E-state index contributed by atoms with van der Waals surface area (Å²) in [5, 5.41) is 2.34. The fraction of sp³-hybridized carbons (Fsp3) is 0. The standard InChI is InChI=1S/C40H27NO/c1-3-13-28(14-4-1)34-20-7-9-22-37(34)41(32-17-5-2-6-18-32)33-19-11-15-29(26-33)31-25-30-16-12-24-39-40(30)36(27-31)35-21-8-10-23-38(35)42-39/h1-27H. The van der Waals surface area contributed by atoms with Gasteiger partial charge in [0.1, 0.15) is 11.5 Å². The fourth-order valence-electron chi connectivity index (χ4n) is 6.11. The summed E-state index contributed by atoms with van der Waals surface area (Å²) >= 11 is 0. The van der Waals surface area contributed by atoms with Crippen LogP contribution in [-0.2, 0) is 0 Å². The van der Waals surface area contributed by atoms with Crippen molar-refractivity contribution in [2.75, 3.05) is 4.90 Å². The minimum Gasteiger partial charge on any atom is -0.456 e. The van der Waals surface area contributed by atoms with Crippen molar-refractivity contribution in [2.45, 2.75) is 0 Å². The summed E-state index contributed by atoms with van der Waals surface area (Å²) in [5.74, 6) is 1.81. The number of benzene rings is 7. The second-order valence-corrected chi connectivity index (χ2v) is 10.6. The molecule has 0 bridgehead atoms. The molecule has 0 atom stereocenters. The maximum atomic E-state index is 6.28. The number of rotatable bonds is 5. The molecule has 1 heterocycles. The molecule has 0 aliphatic carbocycles.